The van der Waals surface area contributed by atoms with Gasteiger partial charge in [-0.2, -0.15) is 5.10 Å². The second-order valence-corrected chi connectivity index (χ2v) is 6.62. The highest BCUT2D eigenvalue weighted by Crippen LogP contribution is 2.27. The summed E-state index contributed by atoms with van der Waals surface area (Å²) >= 11 is 0. The Morgan fingerprint density at radius 2 is 2.07 bits per heavy atom. The average molecular weight is 393 g/mol. The van der Waals surface area contributed by atoms with Crippen LogP contribution in [0.3, 0.4) is 0 Å². The van der Waals surface area contributed by atoms with Crippen molar-refractivity contribution in [1.29, 1.82) is 0 Å². The lowest BCUT2D eigenvalue weighted by Gasteiger charge is -2.21. The van der Waals surface area contributed by atoms with Crippen LogP contribution in [-0.4, -0.2) is 45.8 Å². The second-order valence-electron chi connectivity index (χ2n) is 6.62. The van der Waals surface area contributed by atoms with Crippen LogP contribution in [0.5, 0.6) is 0 Å². The molecule has 1 aromatic carbocycles. The number of esters is 1. The lowest BCUT2D eigenvalue weighted by molar-refractivity contribution is -0.123. The molecule has 0 fully saturated rings. The van der Waals surface area contributed by atoms with Gasteiger partial charge in [-0.25, -0.2) is 9.89 Å². The van der Waals surface area contributed by atoms with Gasteiger partial charge in [0, 0.05) is 43.0 Å². The Kier molecular flexibility index (Phi) is 4.63. The predicted octanol–water partition coefficient (Wildman–Crippen LogP) is 1.47. The van der Waals surface area contributed by atoms with E-state index in [2.05, 4.69) is 20.5 Å². The fourth-order valence-corrected chi connectivity index (χ4v) is 3.50. The lowest BCUT2D eigenvalue weighted by Crippen LogP contribution is -2.32. The molecule has 2 aliphatic heterocycles. The number of para-hydroxylation sites is 1. The molecule has 9 nitrogen and oxygen atoms in total. The van der Waals surface area contributed by atoms with Gasteiger partial charge in [0.15, 0.2) is 0 Å². The summed E-state index contributed by atoms with van der Waals surface area (Å²) in [6.45, 7) is 0. The van der Waals surface area contributed by atoms with Gasteiger partial charge in [-0.05, 0) is 11.6 Å². The smallest absolute Gasteiger partial charge is 0.341 e. The zero-order valence-electron chi connectivity index (χ0n) is 15.9. The number of ether oxygens (including phenoxy) is 1. The third-order valence-corrected chi connectivity index (χ3v) is 4.98. The number of fused-ring (bicyclic) bond motifs is 2. The molecule has 2 aliphatic rings. The first kappa shape index (κ1) is 18.5. The van der Waals surface area contributed by atoms with Crippen LogP contribution in [-0.2, 0) is 16.0 Å². The van der Waals surface area contributed by atoms with Crippen molar-refractivity contribution in [2.75, 3.05) is 14.2 Å². The number of aromatic nitrogens is 4. The van der Waals surface area contributed by atoms with E-state index in [-0.39, 0.29) is 22.7 Å². The minimum Gasteiger partial charge on any atom is -0.465 e. The lowest BCUT2D eigenvalue weighted by atomic mass is 10.0. The van der Waals surface area contributed by atoms with Crippen LogP contribution in [0, 0.1) is 0 Å². The topological polar surface area (TPSA) is 122 Å². The van der Waals surface area contributed by atoms with Gasteiger partial charge in [0.25, 0.3) is 5.56 Å². The number of rotatable bonds is 5. The van der Waals surface area contributed by atoms with Gasteiger partial charge in [0.05, 0.1) is 12.7 Å². The number of hydrogen-bond acceptors (Lipinski definition) is 5. The number of hydrogen-bond donors (Lipinski definition) is 3. The normalized spacial score (nSPS) is 12.2. The number of carbonyl (C=O) groups excluding carboxylic acids is 2. The number of pyridine rings is 1. The van der Waals surface area contributed by atoms with Gasteiger partial charge in [-0.15, -0.1) is 0 Å². The van der Waals surface area contributed by atoms with E-state index in [4.69, 9.17) is 4.74 Å². The van der Waals surface area contributed by atoms with Gasteiger partial charge >= 0.3 is 5.97 Å². The van der Waals surface area contributed by atoms with Crippen LogP contribution < -0.4 is 10.9 Å². The van der Waals surface area contributed by atoms with E-state index in [1.165, 1.54) is 19.5 Å². The molecule has 1 aromatic heterocycles. The molecule has 0 bridgehead atoms. The van der Waals surface area contributed by atoms with Crippen molar-refractivity contribution in [1.82, 2.24) is 25.1 Å². The maximum atomic E-state index is 12.7. The molecule has 0 aliphatic carbocycles. The van der Waals surface area contributed by atoms with Crippen molar-refractivity contribution in [2.24, 2.45) is 0 Å². The minimum absolute atomic E-state index is 0.108. The summed E-state index contributed by atoms with van der Waals surface area (Å²) in [5.41, 5.74) is 1.99. The molecule has 148 valence electrons. The molecule has 2 aromatic rings. The monoisotopic (exact) mass is 393 g/mol. The SMILES string of the molecule is CNC(=O)[C@H](Cc1c[nH]c2ccccc12)n1cc(C(=O)OC)c2n[nH]c(=O)c-2c1. The number of likely N-dealkylation sites (N-methyl/N-ethyl adjacent to an activating group) is 1. The van der Waals surface area contributed by atoms with E-state index < -0.39 is 17.6 Å². The second kappa shape index (κ2) is 7.27. The van der Waals surface area contributed by atoms with Crippen LogP contribution in [0.1, 0.15) is 22.0 Å². The van der Waals surface area contributed by atoms with Crippen molar-refractivity contribution in [3.63, 3.8) is 0 Å². The first-order valence-corrected chi connectivity index (χ1v) is 8.98. The highest BCUT2D eigenvalue weighted by Gasteiger charge is 2.27. The van der Waals surface area contributed by atoms with Gasteiger partial charge in [0.2, 0.25) is 5.91 Å². The maximum Gasteiger partial charge on any atom is 0.341 e. The van der Waals surface area contributed by atoms with E-state index in [0.29, 0.717) is 6.42 Å². The Morgan fingerprint density at radius 1 is 1.28 bits per heavy atom. The first-order valence-electron chi connectivity index (χ1n) is 8.98. The summed E-state index contributed by atoms with van der Waals surface area (Å²) in [6, 6.07) is 7.09. The molecule has 4 rings (SSSR count). The molecule has 0 radical (unpaired) electrons. The summed E-state index contributed by atoms with van der Waals surface area (Å²) in [4.78, 5) is 40.3. The molecule has 0 saturated carbocycles. The van der Waals surface area contributed by atoms with Gasteiger partial charge < -0.3 is 19.6 Å². The summed E-state index contributed by atoms with van der Waals surface area (Å²) in [6.07, 6.45) is 5.23. The van der Waals surface area contributed by atoms with Crippen LogP contribution >= 0.6 is 0 Å². The van der Waals surface area contributed by atoms with Crippen LogP contribution in [0.15, 0.2) is 47.7 Å². The number of H-pyrrole nitrogens is 2. The van der Waals surface area contributed by atoms with E-state index in [1.54, 1.807) is 11.6 Å². The summed E-state index contributed by atoms with van der Waals surface area (Å²) in [5, 5.41) is 9.91. The number of nitrogens with zero attached hydrogens (tertiary/aromatic N) is 2. The van der Waals surface area contributed by atoms with E-state index >= 15 is 0 Å². The summed E-state index contributed by atoms with van der Waals surface area (Å²) in [7, 11) is 2.79. The van der Waals surface area contributed by atoms with Gasteiger partial charge in [0.1, 0.15) is 17.3 Å². The van der Waals surface area contributed by atoms with Crippen LogP contribution in [0.2, 0.25) is 0 Å². The van der Waals surface area contributed by atoms with Crippen LogP contribution in [0.25, 0.3) is 22.2 Å². The number of nitrogens with one attached hydrogen (secondary N) is 3. The molecule has 29 heavy (non-hydrogen) atoms. The zero-order valence-corrected chi connectivity index (χ0v) is 15.9. The molecule has 3 heterocycles. The molecular weight excluding hydrogens is 374 g/mol. The molecule has 0 saturated heterocycles. The van der Waals surface area contributed by atoms with Gasteiger partial charge in [-0.3, -0.25) is 9.59 Å². The van der Waals surface area contributed by atoms with Crippen molar-refractivity contribution in [2.45, 2.75) is 12.5 Å². The third-order valence-electron chi connectivity index (χ3n) is 4.98. The van der Waals surface area contributed by atoms with Crippen LogP contribution in [0.4, 0.5) is 0 Å². The Labute approximate surface area is 165 Å². The zero-order chi connectivity index (χ0) is 20.5. The Hall–Kier alpha value is -3.88. The maximum absolute atomic E-state index is 12.7. The Balaban J connectivity index is 1.85. The molecule has 9 heteroatoms. The standard InChI is InChI=1S/C20H19N5O4/c1-21-19(27)16(7-11-8-22-15-6-4-3-5-12(11)15)25-9-13-17(23-24-18(13)26)14(10-25)20(28)29-2/h3-6,8-10,16,22H,7H2,1-2H3,(H,21,27)(H,24,26)/t16-/m0/s1. The van der Waals surface area contributed by atoms with Crippen molar-refractivity contribution in [3.05, 3.63) is 64.3 Å². The molecular formula is C20H19N5O4. The summed E-state index contributed by atoms with van der Waals surface area (Å²) < 4.78 is 6.39. The number of benzene rings is 1. The largest absolute Gasteiger partial charge is 0.465 e. The average Bonchev–Trinajstić information content (AvgIpc) is 3.34. The highest BCUT2D eigenvalue weighted by atomic mass is 16.5. The quantitative estimate of drug-likeness (QED) is 0.443. The first-order chi connectivity index (χ1) is 14.0. The van der Waals surface area contributed by atoms with E-state index in [0.717, 1.165) is 16.5 Å². The Bertz CT molecular complexity index is 1240. The fourth-order valence-electron chi connectivity index (χ4n) is 3.50. The Morgan fingerprint density at radius 3 is 2.83 bits per heavy atom. The van der Waals surface area contributed by atoms with Crippen molar-refractivity contribution >= 4 is 22.8 Å². The number of aromatic amines is 2. The molecule has 0 spiro atoms. The highest BCUT2D eigenvalue weighted by molar-refractivity contribution is 5.96. The molecule has 3 N–H and O–H groups in total. The molecule has 0 unspecified atom stereocenters. The predicted molar refractivity (Wildman–Crippen MR) is 106 cm³/mol. The van der Waals surface area contributed by atoms with E-state index in [1.807, 2.05) is 30.5 Å². The van der Waals surface area contributed by atoms with E-state index in [9.17, 15) is 14.4 Å². The third kappa shape index (κ3) is 3.16. The number of carbonyl (C=O) groups is 2. The summed E-state index contributed by atoms with van der Waals surface area (Å²) in [5.74, 6) is -0.898. The van der Waals surface area contributed by atoms with Crippen molar-refractivity contribution < 1.29 is 14.3 Å². The molecule has 1 amide bonds. The fraction of sp³-hybridized carbons (Fsp3) is 0.200. The number of amides is 1. The molecule has 1 atom stereocenters. The van der Waals surface area contributed by atoms with Crippen molar-refractivity contribution in [3.8, 4) is 11.3 Å². The van der Waals surface area contributed by atoms with Gasteiger partial charge in [-0.1, -0.05) is 18.2 Å². The minimum atomic E-state index is -0.693. The number of methoxy groups -OCH3 is 1.